The van der Waals surface area contributed by atoms with Gasteiger partial charge in [0.05, 0.1) is 10.6 Å². The number of carbonyl (C=O) groups is 1. The van der Waals surface area contributed by atoms with Gasteiger partial charge in [0.2, 0.25) is 0 Å². The van der Waals surface area contributed by atoms with E-state index < -0.39 is 0 Å². The van der Waals surface area contributed by atoms with Crippen LogP contribution in [0, 0.1) is 6.92 Å². The van der Waals surface area contributed by atoms with Crippen molar-refractivity contribution in [3.05, 3.63) is 97.8 Å². The summed E-state index contributed by atoms with van der Waals surface area (Å²) in [5.74, 6) is 0.435. The van der Waals surface area contributed by atoms with E-state index in [0.29, 0.717) is 47.0 Å². The van der Waals surface area contributed by atoms with Gasteiger partial charge in [-0.15, -0.1) is 0 Å². The maximum absolute atomic E-state index is 13.3. The smallest absolute Gasteiger partial charge is 0.256 e. The standard InChI is InChI=1S/C22H19ClN2O2/c1-14-17(13-15-7-3-2-4-8-15)22(27)25-12-11-24-21(25)19(14)20(26)16-9-5-6-10-18(16)23/h2-10,24H,11-13H2,1H3. The molecule has 136 valence electrons. The first-order valence-electron chi connectivity index (χ1n) is 8.91. The summed E-state index contributed by atoms with van der Waals surface area (Å²) in [4.78, 5) is 26.4. The fraction of sp³-hybridized carbons (Fsp3) is 0.182. The van der Waals surface area contributed by atoms with Gasteiger partial charge in [-0.1, -0.05) is 54.1 Å². The van der Waals surface area contributed by atoms with Crippen molar-refractivity contribution in [1.82, 2.24) is 4.57 Å². The Kier molecular flexibility index (Phi) is 4.58. The number of rotatable bonds is 4. The van der Waals surface area contributed by atoms with Crippen molar-refractivity contribution >= 4 is 23.2 Å². The summed E-state index contributed by atoms with van der Waals surface area (Å²) < 4.78 is 1.68. The first kappa shape index (κ1) is 17.6. The predicted molar refractivity (Wildman–Crippen MR) is 108 cm³/mol. The van der Waals surface area contributed by atoms with Gasteiger partial charge in [-0.25, -0.2) is 0 Å². The molecule has 0 fully saturated rings. The zero-order valence-corrected chi connectivity index (χ0v) is 15.7. The average molecular weight is 379 g/mol. The van der Waals surface area contributed by atoms with Crippen LogP contribution in [0.1, 0.15) is 32.6 Å². The number of pyridine rings is 1. The second kappa shape index (κ2) is 7.05. The molecule has 0 aliphatic carbocycles. The summed E-state index contributed by atoms with van der Waals surface area (Å²) in [6.45, 7) is 3.04. The van der Waals surface area contributed by atoms with Crippen molar-refractivity contribution in [3.8, 4) is 0 Å². The van der Waals surface area contributed by atoms with E-state index in [1.807, 2.05) is 37.3 Å². The molecule has 4 rings (SSSR count). The van der Waals surface area contributed by atoms with Crippen molar-refractivity contribution < 1.29 is 4.79 Å². The largest absolute Gasteiger partial charge is 0.369 e. The minimum absolute atomic E-state index is 0.0351. The van der Waals surface area contributed by atoms with E-state index in [2.05, 4.69) is 5.32 Å². The van der Waals surface area contributed by atoms with Crippen molar-refractivity contribution in [2.75, 3.05) is 11.9 Å². The number of benzene rings is 2. The van der Waals surface area contributed by atoms with Gasteiger partial charge in [0.1, 0.15) is 5.82 Å². The highest BCUT2D eigenvalue weighted by Crippen LogP contribution is 2.29. The van der Waals surface area contributed by atoms with Crippen LogP contribution in [0.15, 0.2) is 59.4 Å². The summed E-state index contributed by atoms with van der Waals surface area (Å²) in [7, 11) is 0. The first-order valence-corrected chi connectivity index (χ1v) is 9.29. The third-order valence-corrected chi connectivity index (χ3v) is 5.36. The summed E-state index contributed by atoms with van der Waals surface area (Å²) >= 11 is 6.26. The molecule has 2 heterocycles. The molecule has 1 N–H and O–H groups in total. The van der Waals surface area contributed by atoms with E-state index in [1.165, 1.54) is 0 Å². The lowest BCUT2D eigenvalue weighted by Gasteiger charge is -2.17. The Morgan fingerprint density at radius 3 is 2.56 bits per heavy atom. The summed E-state index contributed by atoms with van der Waals surface area (Å²) in [6, 6.07) is 16.8. The number of ketones is 1. The lowest BCUT2D eigenvalue weighted by Crippen LogP contribution is -2.26. The van der Waals surface area contributed by atoms with Crippen LogP contribution in [-0.2, 0) is 13.0 Å². The lowest BCUT2D eigenvalue weighted by molar-refractivity contribution is 0.103. The molecule has 0 unspecified atom stereocenters. The van der Waals surface area contributed by atoms with Gasteiger partial charge >= 0.3 is 0 Å². The highest BCUT2D eigenvalue weighted by molar-refractivity contribution is 6.35. The number of fused-ring (bicyclic) bond motifs is 1. The van der Waals surface area contributed by atoms with E-state index in [9.17, 15) is 9.59 Å². The van der Waals surface area contributed by atoms with Gasteiger partial charge in [0.15, 0.2) is 5.78 Å². The number of nitrogens with one attached hydrogen (secondary N) is 1. The van der Waals surface area contributed by atoms with E-state index >= 15 is 0 Å². The number of hydrogen-bond donors (Lipinski definition) is 1. The van der Waals surface area contributed by atoms with Crippen LogP contribution in [0.25, 0.3) is 0 Å². The van der Waals surface area contributed by atoms with Crippen molar-refractivity contribution in [2.45, 2.75) is 19.9 Å². The van der Waals surface area contributed by atoms with Crippen LogP contribution in [0.2, 0.25) is 5.02 Å². The van der Waals surface area contributed by atoms with Gasteiger partial charge in [0, 0.05) is 30.6 Å². The van der Waals surface area contributed by atoms with Crippen molar-refractivity contribution in [2.24, 2.45) is 0 Å². The Morgan fingerprint density at radius 1 is 1.11 bits per heavy atom. The van der Waals surface area contributed by atoms with Gasteiger partial charge < -0.3 is 5.32 Å². The first-order chi connectivity index (χ1) is 13.1. The van der Waals surface area contributed by atoms with Crippen LogP contribution in [0.3, 0.4) is 0 Å². The molecule has 0 spiro atoms. The molecule has 5 heteroatoms. The molecule has 3 aromatic rings. The lowest BCUT2D eigenvalue weighted by atomic mass is 9.93. The van der Waals surface area contributed by atoms with Crippen LogP contribution in [0.4, 0.5) is 5.82 Å². The number of anilines is 1. The molecule has 1 aliphatic rings. The average Bonchev–Trinajstić information content (AvgIpc) is 3.16. The third-order valence-electron chi connectivity index (χ3n) is 5.03. The highest BCUT2D eigenvalue weighted by atomic mass is 35.5. The molecule has 27 heavy (non-hydrogen) atoms. The molecule has 0 atom stereocenters. The molecule has 2 aromatic carbocycles. The second-order valence-corrected chi connectivity index (χ2v) is 7.09. The molecule has 1 aliphatic heterocycles. The van der Waals surface area contributed by atoms with Gasteiger partial charge in [-0.2, -0.15) is 0 Å². The summed E-state index contributed by atoms with van der Waals surface area (Å²) in [6.07, 6.45) is 0.495. The van der Waals surface area contributed by atoms with Gasteiger partial charge in [-0.05, 0) is 30.2 Å². The maximum Gasteiger partial charge on any atom is 0.256 e. The Morgan fingerprint density at radius 2 is 1.81 bits per heavy atom. The molecule has 0 bridgehead atoms. The number of hydrogen-bond acceptors (Lipinski definition) is 3. The third kappa shape index (κ3) is 3.06. The molecule has 0 radical (unpaired) electrons. The number of aromatic nitrogens is 1. The Labute approximate surface area is 162 Å². The molecule has 0 saturated carbocycles. The normalized spacial score (nSPS) is 12.5. The zero-order valence-electron chi connectivity index (χ0n) is 15.0. The van der Waals surface area contributed by atoms with E-state index in [1.54, 1.807) is 28.8 Å². The minimum Gasteiger partial charge on any atom is -0.369 e. The number of nitrogens with zero attached hydrogens (tertiary/aromatic N) is 1. The number of halogens is 1. The van der Waals surface area contributed by atoms with E-state index in [-0.39, 0.29) is 11.3 Å². The summed E-state index contributed by atoms with van der Waals surface area (Å²) in [5.41, 5.74) is 3.36. The fourth-order valence-electron chi connectivity index (χ4n) is 3.64. The minimum atomic E-state index is -0.162. The summed E-state index contributed by atoms with van der Waals surface area (Å²) in [5, 5.41) is 3.62. The van der Waals surface area contributed by atoms with Crippen molar-refractivity contribution in [3.63, 3.8) is 0 Å². The monoisotopic (exact) mass is 378 g/mol. The van der Waals surface area contributed by atoms with Crippen LogP contribution in [0.5, 0.6) is 0 Å². The Hall–Kier alpha value is -2.85. The quantitative estimate of drug-likeness (QED) is 0.696. The van der Waals surface area contributed by atoms with Crippen LogP contribution >= 0.6 is 11.6 Å². The van der Waals surface area contributed by atoms with Gasteiger partial charge in [-0.3, -0.25) is 14.2 Å². The molecular weight excluding hydrogens is 360 g/mol. The maximum atomic E-state index is 13.3. The molecule has 0 amide bonds. The predicted octanol–water partition coefficient (Wildman–Crippen LogP) is 4.06. The van der Waals surface area contributed by atoms with Crippen LogP contribution < -0.4 is 10.9 Å². The van der Waals surface area contributed by atoms with E-state index in [0.717, 1.165) is 11.1 Å². The molecule has 0 saturated heterocycles. The Bertz CT molecular complexity index is 1090. The second-order valence-electron chi connectivity index (χ2n) is 6.68. The van der Waals surface area contributed by atoms with E-state index in [4.69, 9.17) is 11.6 Å². The SMILES string of the molecule is Cc1c(C(=O)c2ccccc2Cl)c2n(c(=O)c1Cc1ccccc1)CCN2. The molecule has 4 nitrogen and oxygen atoms in total. The number of carbonyl (C=O) groups excluding carboxylic acids is 1. The zero-order chi connectivity index (χ0) is 19.0. The topological polar surface area (TPSA) is 51.1 Å². The highest BCUT2D eigenvalue weighted by Gasteiger charge is 2.27. The molecular formula is C22H19ClN2O2. The van der Waals surface area contributed by atoms with Crippen molar-refractivity contribution in [1.29, 1.82) is 0 Å². The fourth-order valence-corrected chi connectivity index (χ4v) is 3.86. The Balaban J connectivity index is 1.91. The molecule has 1 aromatic heterocycles. The van der Waals surface area contributed by atoms with Crippen LogP contribution in [-0.4, -0.2) is 16.9 Å². The van der Waals surface area contributed by atoms with Gasteiger partial charge in [0.25, 0.3) is 5.56 Å².